The van der Waals surface area contributed by atoms with Gasteiger partial charge in [0.2, 0.25) is 0 Å². The van der Waals surface area contributed by atoms with E-state index in [0.717, 1.165) is 53.4 Å². The van der Waals surface area contributed by atoms with Gasteiger partial charge in [-0.15, -0.1) is 0 Å². The number of rotatable bonds is 2. The Balaban J connectivity index is 1.89. The van der Waals surface area contributed by atoms with E-state index in [-0.39, 0.29) is 12.1 Å². The summed E-state index contributed by atoms with van der Waals surface area (Å²) in [5.41, 5.74) is 8.23. The number of fused-ring (bicyclic) bond motifs is 1. The predicted molar refractivity (Wildman–Crippen MR) is 82.1 cm³/mol. The molecule has 0 aromatic heterocycles. The molecule has 1 aromatic rings. The quantitative estimate of drug-likeness (QED) is 0.881. The van der Waals surface area contributed by atoms with Crippen LogP contribution >= 0.6 is 23.2 Å². The van der Waals surface area contributed by atoms with Crippen LogP contribution < -0.4 is 5.73 Å². The average Bonchev–Trinajstić information content (AvgIpc) is 2.84. The maximum atomic E-state index is 9.67. The molecule has 1 saturated carbocycles. The summed E-state index contributed by atoms with van der Waals surface area (Å²) in [6.45, 7) is 1.36. The van der Waals surface area contributed by atoms with Crippen molar-refractivity contribution in [1.29, 1.82) is 0 Å². The first kappa shape index (κ1) is 14.6. The number of hydrogen-bond donors (Lipinski definition) is 2. The van der Waals surface area contributed by atoms with Gasteiger partial charge in [-0.2, -0.15) is 0 Å². The molecule has 1 fully saturated rings. The highest BCUT2D eigenvalue weighted by Gasteiger charge is 2.37. The molecule has 0 saturated heterocycles. The second-order valence-electron chi connectivity index (χ2n) is 5.81. The highest BCUT2D eigenvalue weighted by molar-refractivity contribution is 6.34. The van der Waals surface area contributed by atoms with Crippen LogP contribution in [0.4, 0.5) is 0 Å². The Kier molecular flexibility index (Phi) is 4.25. The molecule has 0 bridgehead atoms. The van der Waals surface area contributed by atoms with Crippen LogP contribution in [0.3, 0.4) is 0 Å². The average molecular weight is 315 g/mol. The summed E-state index contributed by atoms with van der Waals surface area (Å²) < 4.78 is 0. The minimum Gasteiger partial charge on any atom is -0.393 e. The first-order valence-electron chi connectivity index (χ1n) is 7.22. The number of aliphatic hydroxyl groups is 1. The SMILES string of the molecule is NCC1c2c(Cl)ccc(Cl)c2CN1C1CCC(O)CC1. The van der Waals surface area contributed by atoms with E-state index in [1.165, 1.54) is 0 Å². The van der Waals surface area contributed by atoms with Gasteiger partial charge in [0, 0.05) is 35.2 Å². The molecule has 1 heterocycles. The highest BCUT2D eigenvalue weighted by Crippen LogP contribution is 2.44. The van der Waals surface area contributed by atoms with Crippen LogP contribution in [0, 0.1) is 0 Å². The molecular formula is C15H20Cl2N2O. The van der Waals surface area contributed by atoms with Gasteiger partial charge in [-0.25, -0.2) is 0 Å². The van der Waals surface area contributed by atoms with Gasteiger partial charge >= 0.3 is 0 Å². The van der Waals surface area contributed by atoms with Gasteiger partial charge in [-0.05, 0) is 48.9 Å². The molecule has 1 aliphatic heterocycles. The van der Waals surface area contributed by atoms with Crippen molar-refractivity contribution in [2.45, 2.75) is 50.4 Å². The molecule has 110 valence electrons. The van der Waals surface area contributed by atoms with Crippen LogP contribution in [0.15, 0.2) is 12.1 Å². The molecule has 20 heavy (non-hydrogen) atoms. The van der Waals surface area contributed by atoms with Crippen molar-refractivity contribution >= 4 is 23.2 Å². The molecule has 3 N–H and O–H groups in total. The van der Waals surface area contributed by atoms with Crippen molar-refractivity contribution in [3.05, 3.63) is 33.3 Å². The third kappa shape index (κ3) is 2.46. The van der Waals surface area contributed by atoms with Crippen molar-refractivity contribution in [2.24, 2.45) is 5.73 Å². The standard InChI is InChI=1S/C15H20Cl2N2O/c16-12-5-6-13(17)15-11(12)8-19(14(15)7-18)9-1-3-10(20)4-2-9/h5-6,9-10,14,20H,1-4,7-8,18H2. The number of halogens is 2. The van der Waals surface area contributed by atoms with E-state index in [0.29, 0.717) is 12.6 Å². The van der Waals surface area contributed by atoms with E-state index in [9.17, 15) is 5.11 Å². The Morgan fingerprint density at radius 1 is 1.15 bits per heavy atom. The van der Waals surface area contributed by atoms with E-state index in [2.05, 4.69) is 4.90 Å². The molecule has 5 heteroatoms. The van der Waals surface area contributed by atoms with Crippen LogP contribution in [0.1, 0.15) is 42.9 Å². The number of nitrogens with zero attached hydrogens (tertiary/aromatic N) is 1. The summed E-state index contributed by atoms with van der Waals surface area (Å²) in [5, 5.41) is 11.2. The third-order valence-corrected chi connectivity index (χ3v) is 5.36. The Bertz CT molecular complexity index is 501. The molecule has 0 amide bonds. The van der Waals surface area contributed by atoms with Gasteiger partial charge in [0.05, 0.1) is 6.10 Å². The molecule has 1 aromatic carbocycles. The van der Waals surface area contributed by atoms with Crippen LogP contribution in [-0.2, 0) is 6.54 Å². The molecule has 0 spiro atoms. The van der Waals surface area contributed by atoms with E-state index < -0.39 is 0 Å². The molecule has 3 rings (SSSR count). The van der Waals surface area contributed by atoms with Crippen molar-refractivity contribution in [1.82, 2.24) is 4.90 Å². The minimum absolute atomic E-state index is 0.139. The molecular weight excluding hydrogens is 295 g/mol. The summed E-state index contributed by atoms with van der Waals surface area (Å²) in [6, 6.07) is 4.34. The van der Waals surface area contributed by atoms with Crippen molar-refractivity contribution in [2.75, 3.05) is 6.54 Å². The van der Waals surface area contributed by atoms with Crippen molar-refractivity contribution in [3.63, 3.8) is 0 Å². The Morgan fingerprint density at radius 2 is 1.80 bits per heavy atom. The first-order chi connectivity index (χ1) is 9.61. The fourth-order valence-electron chi connectivity index (χ4n) is 3.62. The number of aliphatic hydroxyl groups excluding tert-OH is 1. The zero-order valence-corrected chi connectivity index (χ0v) is 12.9. The van der Waals surface area contributed by atoms with Crippen molar-refractivity contribution in [3.8, 4) is 0 Å². The lowest BCUT2D eigenvalue weighted by molar-refractivity contribution is 0.0571. The zero-order chi connectivity index (χ0) is 14.3. The number of benzene rings is 1. The monoisotopic (exact) mass is 314 g/mol. The van der Waals surface area contributed by atoms with Gasteiger partial charge in [0.25, 0.3) is 0 Å². The summed E-state index contributed by atoms with van der Waals surface area (Å²) in [4.78, 5) is 2.42. The molecule has 3 nitrogen and oxygen atoms in total. The zero-order valence-electron chi connectivity index (χ0n) is 11.4. The first-order valence-corrected chi connectivity index (χ1v) is 7.98. The molecule has 2 aliphatic rings. The van der Waals surface area contributed by atoms with E-state index in [1.807, 2.05) is 12.1 Å². The van der Waals surface area contributed by atoms with E-state index in [1.54, 1.807) is 0 Å². The molecule has 1 aliphatic carbocycles. The number of hydrogen-bond acceptors (Lipinski definition) is 3. The fraction of sp³-hybridized carbons (Fsp3) is 0.600. The normalized spacial score (nSPS) is 30.5. The number of nitrogens with two attached hydrogens (primary N) is 1. The highest BCUT2D eigenvalue weighted by atomic mass is 35.5. The second-order valence-corrected chi connectivity index (χ2v) is 6.62. The lowest BCUT2D eigenvalue weighted by atomic mass is 9.91. The van der Waals surface area contributed by atoms with Crippen LogP contribution in [-0.4, -0.2) is 28.7 Å². The topological polar surface area (TPSA) is 49.5 Å². The summed E-state index contributed by atoms with van der Waals surface area (Å²) in [6.07, 6.45) is 3.63. The lowest BCUT2D eigenvalue weighted by Crippen LogP contribution is -2.40. The van der Waals surface area contributed by atoms with E-state index >= 15 is 0 Å². The second kappa shape index (κ2) is 5.82. The maximum Gasteiger partial charge on any atom is 0.0541 e. The summed E-state index contributed by atoms with van der Waals surface area (Å²) in [7, 11) is 0. The van der Waals surface area contributed by atoms with Gasteiger partial charge in [0.1, 0.15) is 0 Å². The predicted octanol–water partition coefficient (Wildman–Crippen LogP) is 3.11. The van der Waals surface area contributed by atoms with Gasteiger partial charge in [-0.1, -0.05) is 23.2 Å². The Morgan fingerprint density at radius 3 is 2.45 bits per heavy atom. The molecule has 0 radical (unpaired) electrons. The smallest absolute Gasteiger partial charge is 0.0541 e. The van der Waals surface area contributed by atoms with Crippen molar-refractivity contribution < 1.29 is 5.11 Å². The van der Waals surface area contributed by atoms with Crippen LogP contribution in [0.25, 0.3) is 0 Å². The maximum absolute atomic E-state index is 9.67. The largest absolute Gasteiger partial charge is 0.393 e. The van der Waals surface area contributed by atoms with Gasteiger partial charge in [-0.3, -0.25) is 4.90 Å². The van der Waals surface area contributed by atoms with E-state index in [4.69, 9.17) is 28.9 Å². The minimum atomic E-state index is -0.139. The summed E-state index contributed by atoms with van der Waals surface area (Å²) >= 11 is 12.7. The van der Waals surface area contributed by atoms with Crippen LogP contribution in [0.2, 0.25) is 10.0 Å². The third-order valence-electron chi connectivity index (χ3n) is 4.68. The molecule has 1 unspecified atom stereocenters. The van der Waals surface area contributed by atoms with Gasteiger partial charge in [0.15, 0.2) is 0 Å². The summed E-state index contributed by atoms with van der Waals surface area (Å²) in [5.74, 6) is 0. The van der Waals surface area contributed by atoms with Gasteiger partial charge < -0.3 is 10.8 Å². The Hall–Kier alpha value is -0.320. The molecule has 1 atom stereocenters. The lowest BCUT2D eigenvalue weighted by Gasteiger charge is -2.36. The van der Waals surface area contributed by atoms with Crippen LogP contribution in [0.5, 0.6) is 0 Å². The Labute approximate surface area is 129 Å². The fourth-order valence-corrected chi connectivity index (χ4v) is 4.14.